The van der Waals surface area contributed by atoms with Gasteiger partial charge in [-0.25, -0.2) is 8.42 Å². The van der Waals surface area contributed by atoms with E-state index in [2.05, 4.69) is 10.6 Å². The molecule has 1 aliphatic heterocycles. The van der Waals surface area contributed by atoms with Crippen molar-refractivity contribution < 1.29 is 27.5 Å². The molecule has 1 heterocycles. The van der Waals surface area contributed by atoms with Gasteiger partial charge in [0.15, 0.2) is 6.10 Å². The highest BCUT2D eigenvalue weighted by Gasteiger charge is 2.30. The van der Waals surface area contributed by atoms with Crippen LogP contribution in [0, 0.1) is 6.92 Å². The molecule has 2 aromatic carbocycles. The molecule has 0 bridgehead atoms. The summed E-state index contributed by atoms with van der Waals surface area (Å²) in [5.41, 5.74) is 1.29. The Morgan fingerprint density at radius 3 is 2.71 bits per heavy atom. The van der Waals surface area contributed by atoms with Crippen molar-refractivity contribution in [2.45, 2.75) is 31.8 Å². The van der Waals surface area contributed by atoms with E-state index < -0.39 is 28.6 Å². The van der Waals surface area contributed by atoms with E-state index in [-0.39, 0.29) is 16.6 Å². The molecule has 0 aliphatic carbocycles. The van der Waals surface area contributed by atoms with Gasteiger partial charge < -0.3 is 20.1 Å². The Morgan fingerprint density at radius 2 is 2.00 bits per heavy atom. The number of hydrogen-bond acceptors (Lipinski definition) is 6. The number of nitrogens with one attached hydrogen (secondary N) is 2. The monoisotopic (exact) mass is 447 g/mol. The first-order valence-electron chi connectivity index (χ1n) is 9.73. The van der Waals surface area contributed by atoms with Crippen LogP contribution in [0.1, 0.15) is 19.4 Å². The van der Waals surface area contributed by atoms with Crippen LogP contribution in [0.25, 0.3) is 0 Å². The van der Waals surface area contributed by atoms with Gasteiger partial charge in [-0.1, -0.05) is 12.1 Å². The molecule has 166 valence electrons. The fourth-order valence-corrected chi connectivity index (χ4v) is 4.46. The fraction of sp³-hybridized carbons (Fsp3) is 0.333. The highest BCUT2D eigenvalue weighted by atomic mass is 32.2. The number of para-hydroxylation sites is 2. The third kappa shape index (κ3) is 4.80. The number of likely N-dealkylation sites (N-methyl/N-ethyl adjacent to an activating group) is 1. The smallest absolute Gasteiger partial charge is 0.265 e. The van der Waals surface area contributed by atoms with Gasteiger partial charge in [0.1, 0.15) is 11.5 Å². The lowest BCUT2D eigenvalue weighted by Crippen LogP contribution is -2.36. The molecule has 0 aromatic heterocycles. The van der Waals surface area contributed by atoms with Crippen LogP contribution in [-0.4, -0.2) is 50.8 Å². The van der Waals surface area contributed by atoms with Gasteiger partial charge in [-0.05, 0) is 44.5 Å². The van der Waals surface area contributed by atoms with Gasteiger partial charge in [0.2, 0.25) is 15.9 Å². The third-order valence-corrected chi connectivity index (χ3v) is 6.67. The summed E-state index contributed by atoms with van der Waals surface area (Å²) in [6, 6.07) is 9.83. The minimum atomic E-state index is -3.99. The quantitative estimate of drug-likeness (QED) is 0.674. The molecule has 0 radical (unpaired) electrons. The number of nitrogens with zero attached hydrogens (tertiary/aromatic N) is 1. The molecule has 31 heavy (non-hydrogen) atoms. The number of sulfonamides is 1. The second-order valence-corrected chi connectivity index (χ2v) is 9.11. The largest absolute Gasteiger partial charge is 0.492 e. The normalized spacial score (nSPS) is 15.6. The van der Waals surface area contributed by atoms with E-state index in [1.54, 1.807) is 38.1 Å². The van der Waals surface area contributed by atoms with Crippen molar-refractivity contribution in [2.75, 3.05) is 30.8 Å². The molecule has 9 nitrogen and oxygen atoms in total. The van der Waals surface area contributed by atoms with Crippen LogP contribution in [0.3, 0.4) is 0 Å². The number of amides is 2. The highest BCUT2D eigenvalue weighted by molar-refractivity contribution is 7.89. The number of fused-ring (bicyclic) bond motifs is 1. The van der Waals surface area contributed by atoms with Crippen molar-refractivity contribution in [3.05, 3.63) is 42.0 Å². The SMILES string of the molecule is CCOc1ccccc1NC(=O)CN(C)S(=O)(=O)c1cc2c(cc1C)NC(=O)C(C)O2. The van der Waals surface area contributed by atoms with Gasteiger partial charge in [0.25, 0.3) is 5.91 Å². The van der Waals surface area contributed by atoms with Gasteiger partial charge in [-0.15, -0.1) is 0 Å². The lowest BCUT2D eigenvalue weighted by Gasteiger charge is -2.25. The van der Waals surface area contributed by atoms with E-state index in [0.29, 0.717) is 29.3 Å². The van der Waals surface area contributed by atoms with Crippen LogP contribution >= 0.6 is 0 Å². The maximum atomic E-state index is 13.1. The Hall–Kier alpha value is -3.11. The molecule has 1 unspecified atom stereocenters. The molecule has 0 saturated carbocycles. The summed E-state index contributed by atoms with van der Waals surface area (Å²) < 4.78 is 38.2. The zero-order valence-corrected chi connectivity index (χ0v) is 18.6. The van der Waals surface area contributed by atoms with Crippen LogP contribution in [0.5, 0.6) is 11.5 Å². The van der Waals surface area contributed by atoms with Crippen LogP contribution in [-0.2, 0) is 19.6 Å². The average molecular weight is 448 g/mol. The maximum Gasteiger partial charge on any atom is 0.265 e. The van der Waals surface area contributed by atoms with Crippen LogP contribution in [0.4, 0.5) is 11.4 Å². The van der Waals surface area contributed by atoms with E-state index in [9.17, 15) is 18.0 Å². The summed E-state index contributed by atoms with van der Waals surface area (Å²) in [6.45, 7) is 5.05. The summed E-state index contributed by atoms with van der Waals surface area (Å²) in [5, 5.41) is 5.37. The molecule has 1 atom stereocenters. The molecule has 1 aliphatic rings. The minimum Gasteiger partial charge on any atom is -0.492 e. The number of rotatable bonds is 7. The summed E-state index contributed by atoms with van der Waals surface area (Å²) in [7, 11) is -2.67. The first-order valence-corrected chi connectivity index (χ1v) is 11.2. The molecule has 0 fully saturated rings. The zero-order chi connectivity index (χ0) is 22.8. The van der Waals surface area contributed by atoms with Crippen LogP contribution in [0.2, 0.25) is 0 Å². The van der Waals surface area contributed by atoms with Gasteiger partial charge in [0.05, 0.1) is 29.4 Å². The third-order valence-electron chi connectivity index (χ3n) is 4.72. The summed E-state index contributed by atoms with van der Waals surface area (Å²) >= 11 is 0. The van der Waals surface area contributed by atoms with Crippen molar-refractivity contribution in [1.82, 2.24) is 4.31 Å². The molecule has 3 rings (SSSR count). The minimum absolute atomic E-state index is 0.000356. The number of carbonyl (C=O) groups excluding carboxylic acids is 2. The molecule has 0 saturated heterocycles. The Labute approximate surface area is 181 Å². The predicted molar refractivity (Wildman–Crippen MR) is 116 cm³/mol. The lowest BCUT2D eigenvalue weighted by atomic mass is 10.1. The standard InChI is InChI=1S/C21H25N3O6S/c1-5-29-17-9-7-6-8-15(17)22-20(25)12-24(4)31(27,28)19-11-18-16(10-13(19)2)23-21(26)14(3)30-18/h6-11,14H,5,12H2,1-4H3,(H,22,25)(H,23,26). The molecular weight excluding hydrogens is 422 g/mol. The topological polar surface area (TPSA) is 114 Å². The maximum absolute atomic E-state index is 13.1. The molecule has 2 aromatic rings. The van der Waals surface area contributed by atoms with Crippen molar-refractivity contribution in [2.24, 2.45) is 0 Å². The van der Waals surface area contributed by atoms with Crippen molar-refractivity contribution >= 4 is 33.2 Å². The first kappa shape index (κ1) is 22.6. The predicted octanol–water partition coefficient (Wildman–Crippen LogP) is 2.37. The number of ether oxygens (including phenoxy) is 2. The van der Waals surface area contributed by atoms with Crippen molar-refractivity contribution in [3.63, 3.8) is 0 Å². The van der Waals surface area contributed by atoms with Gasteiger partial charge >= 0.3 is 0 Å². The average Bonchev–Trinajstić information content (AvgIpc) is 2.70. The zero-order valence-electron chi connectivity index (χ0n) is 17.8. The van der Waals surface area contributed by atoms with E-state index in [1.165, 1.54) is 19.2 Å². The number of aryl methyl sites for hydroxylation is 1. The second kappa shape index (κ2) is 8.94. The molecule has 2 amide bonds. The van der Waals surface area contributed by atoms with Crippen LogP contribution in [0.15, 0.2) is 41.3 Å². The Bertz CT molecular complexity index is 1120. The van der Waals surface area contributed by atoms with Crippen molar-refractivity contribution in [3.8, 4) is 11.5 Å². The first-order chi connectivity index (χ1) is 14.6. The Kier molecular flexibility index (Phi) is 6.51. The second-order valence-electron chi connectivity index (χ2n) is 7.10. The Morgan fingerprint density at radius 1 is 1.29 bits per heavy atom. The summed E-state index contributed by atoms with van der Waals surface area (Å²) in [5.74, 6) is -0.0444. The number of hydrogen-bond donors (Lipinski definition) is 2. The van der Waals surface area contributed by atoms with E-state index in [1.807, 2.05) is 6.92 Å². The lowest BCUT2D eigenvalue weighted by molar-refractivity contribution is -0.122. The number of benzene rings is 2. The van der Waals surface area contributed by atoms with Crippen LogP contribution < -0.4 is 20.1 Å². The van der Waals surface area contributed by atoms with E-state index in [4.69, 9.17) is 9.47 Å². The fourth-order valence-electron chi connectivity index (χ4n) is 3.12. The summed E-state index contributed by atoms with van der Waals surface area (Å²) in [4.78, 5) is 24.3. The highest BCUT2D eigenvalue weighted by Crippen LogP contribution is 2.35. The number of carbonyl (C=O) groups is 2. The molecule has 10 heteroatoms. The van der Waals surface area contributed by atoms with E-state index in [0.717, 1.165) is 4.31 Å². The van der Waals surface area contributed by atoms with Gasteiger partial charge in [0, 0.05) is 13.1 Å². The van der Waals surface area contributed by atoms with E-state index >= 15 is 0 Å². The number of anilines is 2. The van der Waals surface area contributed by atoms with Gasteiger partial charge in [-0.3, -0.25) is 9.59 Å². The Balaban J connectivity index is 1.79. The summed E-state index contributed by atoms with van der Waals surface area (Å²) in [6.07, 6.45) is -0.736. The molecule has 2 N–H and O–H groups in total. The van der Waals surface area contributed by atoms with Gasteiger partial charge in [-0.2, -0.15) is 4.31 Å². The van der Waals surface area contributed by atoms with Crippen molar-refractivity contribution in [1.29, 1.82) is 0 Å². The molecular formula is C21H25N3O6S. The molecule has 0 spiro atoms.